The molecule has 2 aliphatic rings. The highest BCUT2D eigenvalue weighted by molar-refractivity contribution is 5.95. The van der Waals surface area contributed by atoms with Gasteiger partial charge in [-0.1, -0.05) is 31.4 Å². The van der Waals surface area contributed by atoms with E-state index in [4.69, 9.17) is 0 Å². The van der Waals surface area contributed by atoms with E-state index in [1.807, 2.05) is 36.4 Å². The van der Waals surface area contributed by atoms with Crippen LogP contribution in [0.3, 0.4) is 0 Å². The van der Waals surface area contributed by atoms with E-state index in [2.05, 4.69) is 20.4 Å². The Hall–Kier alpha value is -2.43. The van der Waals surface area contributed by atoms with Gasteiger partial charge >= 0.3 is 0 Å². The van der Waals surface area contributed by atoms with Crippen molar-refractivity contribution in [2.45, 2.75) is 57.4 Å². The molecule has 1 amide bonds. The molecule has 5 heteroatoms. The van der Waals surface area contributed by atoms with Crippen molar-refractivity contribution in [2.24, 2.45) is 0 Å². The Morgan fingerprint density at radius 1 is 0.926 bits per heavy atom. The second-order valence-corrected chi connectivity index (χ2v) is 7.71. The molecule has 2 fully saturated rings. The summed E-state index contributed by atoms with van der Waals surface area (Å²) in [7, 11) is 0. The van der Waals surface area contributed by atoms with E-state index in [9.17, 15) is 4.79 Å². The number of piperidine rings is 1. The molecule has 1 aliphatic heterocycles. The lowest BCUT2D eigenvalue weighted by Gasteiger charge is -2.27. The van der Waals surface area contributed by atoms with E-state index in [1.54, 1.807) is 0 Å². The Morgan fingerprint density at radius 2 is 1.70 bits per heavy atom. The molecule has 1 saturated carbocycles. The largest absolute Gasteiger partial charge is 0.355 e. The van der Waals surface area contributed by atoms with Gasteiger partial charge in [0.1, 0.15) is 0 Å². The predicted molar refractivity (Wildman–Crippen MR) is 108 cm³/mol. The number of carbonyl (C=O) groups is 1. The highest BCUT2D eigenvalue weighted by atomic mass is 16.1. The number of hydrogen-bond donors (Lipinski definition) is 1. The van der Waals surface area contributed by atoms with E-state index in [1.165, 1.54) is 38.5 Å². The molecule has 5 nitrogen and oxygen atoms in total. The molecule has 2 aromatic rings. The maximum absolute atomic E-state index is 12.6. The fourth-order valence-corrected chi connectivity index (χ4v) is 4.11. The first-order valence-electron chi connectivity index (χ1n) is 10.3. The van der Waals surface area contributed by atoms with Gasteiger partial charge in [-0.25, -0.2) is 0 Å². The first-order valence-corrected chi connectivity index (χ1v) is 10.3. The molecule has 1 saturated heterocycles. The Balaban J connectivity index is 1.45. The van der Waals surface area contributed by atoms with Crippen molar-refractivity contribution in [3.05, 3.63) is 42.0 Å². The number of amides is 1. The zero-order valence-corrected chi connectivity index (χ0v) is 15.9. The minimum atomic E-state index is 0.0154. The monoisotopic (exact) mass is 364 g/mol. The molecule has 1 aromatic carbocycles. The van der Waals surface area contributed by atoms with Gasteiger partial charge in [0.25, 0.3) is 5.91 Å². The van der Waals surface area contributed by atoms with Crippen LogP contribution in [-0.2, 0) is 0 Å². The van der Waals surface area contributed by atoms with Crippen LogP contribution in [0.2, 0.25) is 0 Å². The summed E-state index contributed by atoms with van der Waals surface area (Å²) in [6, 6.07) is 12.1. The molecule has 0 radical (unpaired) electrons. The highest BCUT2D eigenvalue weighted by Crippen LogP contribution is 2.22. The van der Waals surface area contributed by atoms with E-state index in [-0.39, 0.29) is 5.91 Å². The van der Waals surface area contributed by atoms with Crippen LogP contribution < -0.4 is 10.2 Å². The summed E-state index contributed by atoms with van der Waals surface area (Å²) in [6.45, 7) is 2.12. The first-order chi connectivity index (χ1) is 13.3. The number of hydrogen-bond acceptors (Lipinski definition) is 4. The second kappa shape index (κ2) is 8.51. The Labute approximate surface area is 161 Å². The molecule has 2 heterocycles. The van der Waals surface area contributed by atoms with Gasteiger partial charge in [0.15, 0.2) is 5.82 Å². The van der Waals surface area contributed by atoms with Gasteiger partial charge < -0.3 is 10.2 Å². The van der Waals surface area contributed by atoms with Crippen LogP contribution >= 0.6 is 0 Å². The Bertz CT molecular complexity index is 762. The van der Waals surface area contributed by atoms with Gasteiger partial charge in [-0.15, -0.1) is 10.2 Å². The van der Waals surface area contributed by atoms with Crippen LogP contribution in [0.5, 0.6) is 0 Å². The number of aromatic nitrogens is 2. The third-order valence-corrected chi connectivity index (χ3v) is 5.69. The lowest BCUT2D eigenvalue weighted by Crippen LogP contribution is -2.36. The first kappa shape index (κ1) is 18.0. The van der Waals surface area contributed by atoms with Crippen molar-refractivity contribution in [1.82, 2.24) is 15.5 Å². The molecule has 4 rings (SSSR count). The summed E-state index contributed by atoms with van der Waals surface area (Å²) in [5.41, 5.74) is 2.44. The Kier molecular flexibility index (Phi) is 5.66. The highest BCUT2D eigenvalue weighted by Gasteiger charge is 2.17. The summed E-state index contributed by atoms with van der Waals surface area (Å²) < 4.78 is 0. The minimum Gasteiger partial charge on any atom is -0.355 e. The number of carbonyl (C=O) groups excluding carboxylic acids is 1. The lowest BCUT2D eigenvalue weighted by atomic mass is 9.95. The molecule has 1 aromatic heterocycles. The van der Waals surface area contributed by atoms with Gasteiger partial charge in [-0.05, 0) is 56.4 Å². The predicted octanol–water partition coefficient (Wildman–Crippen LogP) is 4.20. The van der Waals surface area contributed by atoms with Gasteiger partial charge in [0.2, 0.25) is 0 Å². The fourth-order valence-electron chi connectivity index (χ4n) is 4.11. The maximum Gasteiger partial charge on any atom is 0.251 e. The molecular weight excluding hydrogens is 336 g/mol. The number of nitrogens with one attached hydrogen (secondary N) is 1. The normalized spacial score (nSPS) is 18.3. The molecule has 142 valence electrons. The number of anilines is 1. The fraction of sp³-hybridized carbons (Fsp3) is 0.500. The van der Waals surface area contributed by atoms with Crippen LogP contribution in [0, 0.1) is 0 Å². The van der Waals surface area contributed by atoms with E-state index in [0.717, 1.165) is 43.0 Å². The molecule has 1 N–H and O–H groups in total. The SMILES string of the molecule is O=C(NC1CCCCC1)c1cccc(-c2ccc(N3CCCCC3)nn2)c1. The topological polar surface area (TPSA) is 58.1 Å². The summed E-state index contributed by atoms with van der Waals surface area (Å²) in [5.74, 6) is 0.964. The summed E-state index contributed by atoms with van der Waals surface area (Å²) in [5, 5.41) is 12.0. The smallest absolute Gasteiger partial charge is 0.251 e. The van der Waals surface area contributed by atoms with Gasteiger partial charge in [-0.2, -0.15) is 0 Å². The quantitative estimate of drug-likeness (QED) is 0.883. The van der Waals surface area contributed by atoms with Crippen LogP contribution in [0.25, 0.3) is 11.3 Å². The van der Waals surface area contributed by atoms with Crippen LogP contribution in [0.4, 0.5) is 5.82 Å². The standard InChI is InChI=1S/C22H28N4O/c27-22(23-19-10-3-1-4-11-19)18-9-7-8-17(16-18)20-12-13-21(25-24-20)26-14-5-2-6-15-26/h7-9,12-13,16,19H,1-6,10-11,14-15H2,(H,23,27). The van der Waals surface area contributed by atoms with Crippen LogP contribution in [0.15, 0.2) is 36.4 Å². The maximum atomic E-state index is 12.6. The molecule has 0 atom stereocenters. The Morgan fingerprint density at radius 3 is 2.44 bits per heavy atom. The molecular formula is C22H28N4O. The van der Waals surface area contributed by atoms with Crippen molar-refractivity contribution in [1.29, 1.82) is 0 Å². The summed E-state index contributed by atoms with van der Waals surface area (Å²) >= 11 is 0. The van der Waals surface area contributed by atoms with Crippen LogP contribution in [-0.4, -0.2) is 35.2 Å². The molecule has 0 bridgehead atoms. The minimum absolute atomic E-state index is 0.0154. The average molecular weight is 364 g/mol. The van der Waals surface area contributed by atoms with E-state index >= 15 is 0 Å². The molecule has 0 unspecified atom stereocenters. The molecule has 0 spiro atoms. The lowest BCUT2D eigenvalue weighted by molar-refractivity contribution is 0.0928. The van der Waals surface area contributed by atoms with Gasteiger partial charge in [0.05, 0.1) is 5.69 Å². The average Bonchev–Trinajstić information content (AvgIpc) is 2.75. The van der Waals surface area contributed by atoms with Gasteiger partial charge in [-0.3, -0.25) is 4.79 Å². The summed E-state index contributed by atoms with van der Waals surface area (Å²) in [6.07, 6.45) is 9.65. The second-order valence-electron chi connectivity index (χ2n) is 7.71. The van der Waals surface area contributed by atoms with Crippen molar-refractivity contribution in [3.63, 3.8) is 0 Å². The third-order valence-electron chi connectivity index (χ3n) is 5.69. The zero-order valence-electron chi connectivity index (χ0n) is 15.9. The van der Waals surface area contributed by atoms with Crippen molar-refractivity contribution in [2.75, 3.05) is 18.0 Å². The number of rotatable bonds is 4. The number of nitrogens with zero attached hydrogens (tertiary/aromatic N) is 3. The molecule has 27 heavy (non-hydrogen) atoms. The van der Waals surface area contributed by atoms with Crippen molar-refractivity contribution >= 4 is 11.7 Å². The van der Waals surface area contributed by atoms with Crippen molar-refractivity contribution < 1.29 is 4.79 Å². The van der Waals surface area contributed by atoms with E-state index in [0.29, 0.717) is 11.6 Å². The molecule has 1 aliphatic carbocycles. The van der Waals surface area contributed by atoms with Gasteiger partial charge in [0, 0.05) is 30.3 Å². The van der Waals surface area contributed by atoms with E-state index < -0.39 is 0 Å². The summed E-state index contributed by atoms with van der Waals surface area (Å²) in [4.78, 5) is 14.9. The third kappa shape index (κ3) is 4.46. The number of benzene rings is 1. The zero-order chi connectivity index (χ0) is 18.5. The van der Waals surface area contributed by atoms with Crippen LogP contribution in [0.1, 0.15) is 61.7 Å². The van der Waals surface area contributed by atoms with Crippen molar-refractivity contribution in [3.8, 4) is 11.3 Å².